The van der Waals surface area contributed by atoms with Crippen LogP contribution >= 0.6 is 0 Å². The van der Waals surface area contributed by atoms with Crippen LogP contribution in [0.1, 0.15) is 65.2 Å². The third-order valence-electron chi connectivity index (χ3n) is 4.84. The van der Waals surface area contributed by atoms with Crippen molar-refractivity contribution in [1.82, 2.24) is 10.2 Å². The van der Waals surface area contributed by atoms with Gasteiger partial charge in [-0.2, -0.15) is 0 Å². The van der Waals surface area contributed by atoms with Gasteiger partial charge in [-0.25, -0.2) is 0 Å². The van der Waals surface area contributed by atoms with Crippen LogP contribution in [0.5, 0.6) is 0 Å². The van der Waals surface area contributed by atoms with Gasteiger partial charge in [0.15, 0.2) is 0 Å². The first kappa shape index (κ1) is 18.4. The van der Waals surface area contributed by atoms with Gasteiger partial charge in [0.1, 0.15) is 5.54 Å². The zero-order chi connectivity index (χ0) is 15.7. The van der Waals surface area contributed by atoms with Crippen LogP contribution < -0.4 is 5.32 Å². The fraction of sp³-hybridized carbons (Fsp3) is 0.941. The van der Waals surface area contributed by atoms with E-state index in [1.54, 1.807) is 0 Å². The first-order chi connectivity index (χ1) is 10.0. The molecule has 1 fully saturated rings. The maximum atomic E-state index is 11.9. The molecule has 1 aliphatic rings. The van der Waals surface area contributed by atoms with Crippen molar-refractivity contribution in [2.24, 2.45) is 0 Å². The predicted molar refractivity (Wildman–Crippen MR) is 87.5 cm³/mol. The molecule has 1 aliphatic carbocycles. The Balaban J connectivity index is 2.40. The van der Waals surface area contributed by atoms with E-state index in [-0.39, 0.29) is 5.97 Å². The average Bonchev–Trinajstić information content (AvgIpc) is 2.75. The summed E-state index contributed by atoms with van der Waals surface area (Å²) in [4.78, 5) is 14.4. The first-order valence-electron chi connectivity index (χ1n) is 8.57. The Kier molecular flexibility index (Phi) is 8.27. The molecule has 0 bridgehead atoms. The Labute approximate surface area is 130 Å². The minimum Gasteiger partial charge on any atom is -0.468 e. The van der Waals surface area contributed by atoms with Crippen LogP contribution in [0.3, 0.4) is 0 Å². The van der Waals surface area contributed by atoms with E-state index in [4.69, 9.17) is 4.74 Å². The number of esters is 1. The highest BCUT2D eigenvalue weighted by molar-refractivity contribution is 5.80. The molecule has 1 rings (SSSR count). The van der Waals surface area contributed by atoms with Crippen molar-refractivity contribution in [1.29, 1.82) is 0 Å². The van der Waals surface area contributed by atoms with E-state index >= 15 is 0 Å². The third-order valence-corrected chi connectivity index (χ3v) is 4.84. The maximum Gasteiger partial charge on any atom is 0.325 e. The molecule has 124 valence electrons. The highest BCUT2D eigenvalue weighted by Crippen LogP contribution is 2.22. The molecule has 0 spiro atoms. The zero-order valence-corrected chi connectivity index (χ0v) is 14.4. The minimum atomic E-state index is -0.548. The molecule has 4 heteroatoms. The van der Waals surface area contributed by atoms with E-state index in [0.29, 0.717) is 0 Å². The highest BCUT2D eigenvalue weighted by atomic mass is 16.5. The summed E-state index contributed by atoms with van der Waals surface area (Å²) in [5, 5.41) is 3.28. The lowest BCUT2D eigenvalue weighted by atomic mass is 9.95. The standard InChI is InChI=1S/C17H34N2O2/c1-5-18-17(2,16(20)21-4)13-10-14-19(3)15-11-8-6-7-9-12-15/h15,18H,5-14H2,1-4H3. The van der Waals surface area contributed by atoms with Gasteiger partial charge in [0.05, 0.1) is 7.11 Å². The second-order valence-corrected chi connectivity index (χ2v) is 6.58. The van der Waals surface area contributed by atoms with Gasteiger partial charge in [0.2, 0.25) is 0 Å². The van der Waals surface area contributed by atoms with Crippen LogP contribution in [0.25, 0.3) is 0 Å². The van der Waals surface area contributed by atoms with Crippen molar-refractivity contribution in [2.45, 2.75) is 76.8 Å². The predicted octanol–water partition coefficient (Wildman–Crippen LogP) is 2.96. The molecule has 0 heterocycles. The van der Waals surface area contributed by atoms with E-state index in [2.05, 4.69) is 17.3 Å². The molecule has 0 aromatic carbocycles. The van der Waals surface area contributed by atoms with Gasteiger partial charge in [-0.1, -0.05) is 32.6 Å². The van der Waals surface area contributed by atoms with E-state index in [0.717, 1.165) is 32.0 Å². The monoisotopic (exact) mass is 298 g/mol. The topological polar surface area (TPSA) is 41.6 Å². The molecule has 1 N–H and O–H groups in total. The molecule has 0 aliphatic heterocycles. The summed E-state index contributed by atoms with van der Waals surface area (Å²) in [6, 6.07) is 0.732. The molecule has 0 amide bonds. The fourth-order valence-electron chi connectivity index (χ4n) is 3.44. The Morgan fingerprint density at radius 1 is 1.29 bits per heavy atom. The lowest BCUT2D eigenvalue weighted by Gasteiger charge is -2.30. The summed E-state index contributed by atoms with van der Waals surface area (Å²) >= 11 is 0. The van der Waals surface area contributed by atoms with Crippen LogP contribution in [0.15, 0.2) is 0 Å². The highest BCUT2D eigenvalue weighted by Gasteiger charge is 2.32. The molecular weight excluding hydrogens is 264 g/mol. The molecule has 4 nitrogen and oxygen atoms in total. The molecule has 0 aromatic heterocycles. The Morgan fingerprint density at radius 3 is 2.43 bits per heavy atom. The number of hydrogen-bond donors (Lipinski definition) is 1. The fourth-order valence-corrected chi connectivity index (χ4v) is 3.44. The van der Waals surface area contributed by atoms with Crippen LogP contribution in [0, 0.1) is 0 Å². The second kappa shape index (κ2) is 9.42. The molecule has 1 unspecified atom stereocenters. The number of likely N-dealkylation sites (N-methyl/N-ethyl adjacent to an activating group) is 1. The van der Waals surface area contributed by atoms with Crippen molar-refractivity contribution in [3.05, 3.63) is 0 Å². The lowest BCUT2D eigenvalue weighted by Crippen LogP contribution is -2.50. The van der Waals surface area contributed by atoms with Crippen molar-refractivity contribution >= 4 is 5.97 Å². The summed E-state index contributed by atoms with van der Waals surface area (Å²) < 4.78 is 4.94. The minimum absolute atomic E-state index is 0.151. The number of rotatable bonds is 8. The molecule has 0 radical (unpaired) electrons. The number of nitrogens with one attached hydrogen (secondary N) is 1. The normalized spacial score (nSPS) is 20.0. The van der Waals surface area contributed by atoms with Gasteiger partial charge in [0.25, 0.3) is 0 Å². The molecular formula is C17H34N2O2. The number of carbonyl (C=O) groups is 1. The van der Waals surface area contributed by atoms with E-state index in [9.17, 15) is 4.79 Å². The van der Waals surface area contributed by atoms with Gasteiger partial charge in [-0.15, -0.1) is 0 Å². The summed E-state index contributed by atoms with van der Waals surface area (Å²) in [7, 11) is 3.70. The van der Waals surface area contributed by atoms with Crippen molar-refractivity contribution in [3.63, 3.8) is 0 Å². The van der Waals surface area contributed by atoms with Gasteiger partial charge < -0.3 is 15.0 Å². The number of nitrogens with zero attached hydrogens (tertiary/aromatic N) is 1. The molecule has 0 saturated heterocycles. The summed E-state index contributed by atoms with van der Waals surface area (Å²) in [5.74, 6) is -0.151. The Morgan fingerprint density at radius 2 is 1.90 bits per heavy atom. The second-order valence-electron chi connectivity index (χ2n) is 6.58. The molecule has 0 aromatic rings. The number of ether oxygens (including phenoxy) is 1. The quantitative estimate of drug-likeness (QED) is 0.552. The van der Waals surface area contributed by atoms with Gasteiger partial charge in [0, 0.05) is 6.04 Å². The molecule has 1 saturated carbocycles. The largest absolute Gasteiger partial charge is 0.468 e. The number of hydrogen-bond acceptors (Lipinski definition) is 4. The maximum absolute atomic E-state index is 11.9. The number of carbonyl (C=O) groups excluding carboxylic acids is 1. The summed E-state index contributed by atoms with van der Waals surface area (Å²) in [6.07, 6.45) is 10.0. The molecule has 1 atom stereocenters. The van der Waals surface area contributed by atoms with Gasteiger partial charge >= 0.3 is 5.97 Å². The van der Waals surface area contributed by atoms with Gasteiger partial charge in [-0.3, -0.25) is 4.79 Å². The lowest BCUT2D eigenvalue weighted by molar-refractivity contribution is -0.148. The molecule has 21 heavy (non-hydrogen) atoms. The van der Waals surface area contributed by atoms with Crippen LogP contribution in [0.4, 0.5) is 0 Å². The van der Waals surface area contributed by atoms with Crippen molar-refractivity contribution < 1.29 is 9.53 Å². The Hall–Kier alpha value is -0.610. The SMILES string of the molecule is CCNC(C)(CCCN(C)C1CCCCCC1)C(=O)OC. The van der Waals surface area contributed by atoms with Crippen LogP contribution in [-0.2, 0) is 9.53 Å². The zero-order valence-electron chi connectivity index (χ0n) is 14.4. The van der Waals surface area contributed by atoms with E-state index in [1.165, 1.54) is 45.6 Å². The average molecular weight is 298 g/mol. The first-order valence-corrected chi connectivity index (χ1v) is 8.57. The number of methoxy groups -OCH3 is 1. The van der Waals surface area contributed by atoms with E-state index in [1.807, 2.05) is 13.8 Å². The van der Waals surface area contributed by atoms with Crippen LogP contribution in [0.2, 0.25) is 0 Å². The van der Waals surface area contributed by atoms with Crippen molar-refractivity contribution in [3.8, 4) is 0 Å². The smallest absolute Gasteiger partial charge is 0.325 e. The van der Waals surface area contributed by atoms with E-state index < -0.39 is 5.54 Å². The van der Waals surface area contributed by atoms with Crippen LogP contribution in [-0.4, -0.2) is 49.7 Å². The van der Waals surface area contributed by atoms with Crippen molar-refractivity contribution in [2.75, 3.05) is 27.2 Å². The Bertz CT molecular complexity index is 301. The summed E-state index contributed by atoms with van der Waals surface area (Å²) in [6.45, 7) is 5.82. The van der Waals surface area contributed by atoms with Gasteiger partial charge in [-0.05, 0) is 52.7 Å². The summed E-state index contributed by atoms with van der Waals surface area (Å²) in [5.41, 5.74) is -0.548. The third kappa shape index (κ3) is 5.95.